The lowest BCUT2D eigenvalue weighted by Crippen LogP contribution is -2.64. The number of phenols is 1. The number of benzene rings is 1. The minimum absolute atomic E-state index is 0.0272. The fourth-order valence-corrected chi connectivity index (χ4v) is 3.47. The van der Waals surface area contributed by atoms with Crippen molar-refractivity contribution in [1.29, 1.82) is 0 Å². The van der Waals surface area contributed by atoms with Crippen LogP contribution in [0.15, 0.2) is 12.1 Å². The Morgan fingerprint density at radius 2 is 2.03 bits per heavy atom. The van der Waals surface area contributed by atoms with E-state index in [1.807, 2.05) is 4.90 Å². The maximum atomic E-state index is 12.3. The number of rotatable bonds is 13. The predicted molar refractivity (Wildman–Crippen MR) is 117 cm³/mol. The molecule has 32 heavy (non-hydrogen) atoms. The van der Waals surface area contributed by atoms with Gasteiger partial charge < -0.3 is 40.8 Å². The highest BCUT2D eigenvalue weighted by Gasteiger charge is 2.37. The fraction of sp³-hybridized carbons (Fsp3) is 0.600. The topological polar surface area (TPSA) is 175 Å². The molecule has 1 aliphatic rings. The van der Waals surface area contributed by atoms with Crippen molar-refractivity contribution < 1.29 is 39.3 Å². The van der Waals surface area contributed by atoms with Crippen LogP contribution < -0.4 is 15.8 Å². The van der Waals surface area contributed by atoms with Crippen LogP contribution in [0, 0.1) is 0 Å². The van der Waals surface area contributed by atoms with E-state index in [0.29, 0.717) is 39.2 Å². The van der Waals surface area contributed by atoms with E-state index in [9.17, 15) is 19.8 Å². The van der Waals surface area contributed by atoms with Crippen molar-refractivity contribution in [2.24, 2.45) is 5.73 Å². The van der Waals surface area contributed by atoms with Crippen LogP contribution in [0.4, 0.5) is 0 Å². The van der Waals surface area contributed by atoms with Crippen LogP contribution in [-0.2, 0) is 16.0 Å². The van der Waals surface area contributed by atoms with Gasteiger partial charge in [0.2, 0.25) is 5.91 Å². The second kappa shape index (κ2) is 11.5. The maximum absolute atomic E-state index is 12.3. The van der Waals surface area contributed by atoms with E-state index >= 15 is 0 Å². The number of nitrogens with one attached hydrogen (secondary N) is 1. The molecule has 1 fully saturated rings. The molecule has 1 saturated heterocycles. The molecule has 0 unspecified atom stereocenters. The summed E-state index contributed by atoms with van der Waals surface area (Å²) < 4.78 is 10.7. The second-order valence-electron chi connectivity index (χ2n) is 8.22. The van der Waals surface area contributed by atoms with Crippen LogP contribution in [0.25, 0.3) is 0 Å². The van der Waals surface area contributed by atoms with Gasteiger partial charge in [0.15, 0.2) is 0 Å². The van der Waals surface area contributed by atoms with Gasteiger partial charge in [0.05, 0.1) is 0 Å². The van der Waals surface area contributed by atoms with Gasteiger partial charge in [0.1, 0.15) is 28.7 Å². The standard InChI is InChI=1S/C20H32BN3O8/c1-20(22,19(28)23-8-3-9-31-2)12-24-10-14(11-24)32-15-5-4-13(6-7-21(29)30)17(25)16(15)18(26)27/h4-5,14,25,29-30H,3,6-12,22H2,1-2H3,(H,23,28)(H,26,27)/t20-/m1/s1. The number of aromatic hydroxyl groups is 1. The van der Waals surface area contributed by atoms with Crippen molar-refractivity contribution in [1.82, 2.24) is 10.2 Å². The van der Waals surface area contributed by atoms with Gasteiger partial charge in [0.25, 0.3) is 0 Å². The largest absolute Gasteiger partial charge is 0.507 e. The molecule has 1 aliphatic heterocycles. The molecule has 0 bridgehead atoms. The van der Waals surface area contributed by atoms with E-state index in [1.54, 1.807) is 14.0 Å². The third-order valence-electron chi connectivity index (χ3n) is 5.21. The highest BCUT2D eigenvalue weighted by molar-refractivity contribution is 6.41. The van der Waals surface area contributed by atoms with Gasteiger partial charge >= 0.3 is 13.1 Å². The van der Waals surface area contributed by atoms with Crippen molar-refractivity contribution in [3.8, 4) is 11.5 Å². The Hall–Kier alpha value is -2.38. The average Bonchev–Trinajstić information content (AvgIpc) is 2.68. The lowest BCUT2D eigenvalue weighted by Gasteiger charge is -2.42. The molecular formula is C20H32BN3O8. The van der Waals surface area contributed by atoms with Gasteiger partial charge in [-0.15, -0.1) is 0 Å². The number of carboxylic acid groups (broad SMARTS) is 1. The molecule has 2 rings (SSSR count). The van der Waals surface area contributed by atoms with E-state index < -0.39 is 24.4 Å². The molecule has 1 amide bonds. The molecule has 1 aromatic carbocycles. The predicted octanol–water partition coefficient (Wildman–Crippen LogP) is -0.961. The SMILES string of the molecule is COCCCNC(=O)[C@](C)(N)CN1CC(Oc2ccc(CCB(O)O)c(O)c2C(=O)O)C1. The van der Waals surface area contributed by atoms with Crippen LogP contribution in [0.5, 0.6) is 11.5 Å². The Morgan fingerprint density at radius 3 is 2.62 bits per heavy atom. The average molecular weight is 453 g/mol. The molecule has 1 heterocycles. The molecule has 0 saturated carbocycles. The lowest BCUT2D eigenvalue weighted by atomic mass is 9.82. The van der Waals surface area contributed by atoms with Gasteiger partial charge in [0, 0.05) is 39.9 Å². The second-order valence-corrected chi connectivity index (χ2v) is 8.22. The first-order valence-corrected chi connectivity index (χ1v) is 10.4. The number of nitrogens with two attached hydrogens (primary N) is 1. The van der Waals surface area contributed by atoms with Crippen molar-refractivity contribution in [2.45, 2.75) is 37.7 Å². The normalized spacial score (nSPS) is 16.2. The number of hydrogen-bond acceptors (Lipinski definition) is 9. The summed E-state index contributed by atoms with van der Waals surface area (Å²) in [7, 11) is 0.0369. The third kappa shape index (κ3) is 7.07. The van der Waals surface area contributed by atoms with Crippen LogP contribution in [0.3, 0.4) is 0 Å². The summed E-state index contributed by atoms with van der Waals surface area (Å²) in [5.41, 5.74) is 4.98. The summed E-state index contributed by atoms with van der Waals surface area (Å²) in [5.74, 6) is -2.04. The number of carbonyl (C=O) groups is 2. The van der Waals surface area contributed by atoms with Gasteiger partial charge in [-0.2, -0.15) is 0 Å². The number of aryl methyl sites for hydroxylation is 1. The minimum Gasteiger partial charge on any atom is -0.507 e. The van der Waals surface area contributed by atoms with Gasteiger partial charge in [-0.25, -0.2) is 4.79 Å². The van der Waals surface area contributed by atoms with E-state index in [-0.39, 0.29) is 41.6 Å². The highest BCUT2D eigenvalue weighted by atomic mass is 16.5. The number of methoxy groups -OCH3 is 1. The van der Waals surface area contributed by atoms with Crippen LogP contribution in [0.2, 0.25) is 6.32 Å². The Labute approximate surface area is 187 Å². The summed E-state index contributed by atoms with van der Waals surface area (Å²) in [6.07, 6.45) is 0.431. The lowest BCUT2D eigenvalue weighted by molar-refractivity contribution is -0.127. The summed E-state index contributed by atoms with van der Waals surface area (Å²) >= 11 is 0. The number of nitrogens with zero attached hydrogens (tertiary/aromatic N) is 1. The number of aromatic carboxylic acids is 1. The summed E-state index contributed by atoms with van der Waals surface area (Å²) in [4.78, 5) is 25.9. The number of carboxylic acids is 1. The van der Waals surface area contributed by atoms with Crippen LogP contribution >= 0.6 is 0 Å². The Morgan fingerprint density at radius 1 is 1.34 bits per heavy atom. The molecule has 1 aromatic rings. The van der Waals surface area contributed by atoms with Gasteiger partial charge in [-0.1, -0.05) is 6.07 Å². The zero-order valence-electron chi connectivity index (χ0n) is 18.4. The Kier molecular flexibility index (Phi) is 9.28. The summed E-state index contributed by atoms with van der Waals surface area (Å²) in [6, 6.07) is 2.95. The van der Waals surface area contributed by atoms with Crippen molar-refractivity contribution in [2.75, 3.05) is 39.9 Å². The van der Waals surface area contributed by atoms with Gasteiger partial charge in [-0.05, 0) is 37.7 Å². The van der Waals surface area contributed by atoms with E-state index in [2.05, 4.69) is 5.32 Å². The first-order chi connectivity index (χ1) is 15.0. The smallest absolute Gasteiger partial charge is 0.451 e. The molecular weight excluding hydrogens is 421 g/mol. The first-order valence-electron chi connectivity index (χ1n) is 10.4. The van der Waals surface area contributed by atoms with Crippen LogP contribution in [-0.4, -0.2) is 95.7 Å². The summed E-state index contributed by atoms with van der Waals surface area (Å²) in [6.45, 7) is 3.87. The first kappa shape index (κ1) is 25.9. The number of carbonyl (C=O) groups excluding carboxylic acids is 1. The molecule has 0 aromatic heterocycles. The third-order valence-corrected chi connectivity index (χ3v) is 5.21. The van der Waals surface area contributed by atoms with Crippen molar-refractivity contribution >= 4 is 19.0 Å². The van der Waals surface area contributed by atoms with E-state index in [1.165, 1.54) is 12.1 Å². The van der Waals surface area contributed by atoms with Crippen LogP contribution in [0.1, 0.15) is 29.3 Å². The number of ether oxygens (including phenoxy) is 2. The number of likely N-dealkylation sites (tertiary alicyclic amines) is 1. The maximum Gasteiger partial charge on any atom is 0.451 e. The molecule has 12 heteroatoms. The minimum atomic E-state index is -1.56. The zero-order valence-corrected chi connectivity index (χ0v) is 18.4. The molecule has 0 spiro atoms. The van der Waals surface area contributed by atoms with Gasteiger partial charge in [-0.3, -0.25) is 9.69 Å². The van der Waals surface area contributed by atoms with Crippen molar-refractivity contribution in [3.63, 3.8) is 0 Å². The highest BCUT2D eigenvalue weighted by Crippen LogP contribution is 2.34. The molecule has 0 aliphatic carbocycles. The van der Waals surface area contributed by atoms with E-state index in [0.717, 1.165) is 0 Å². The zero-order chi connectivity index (χ0) is 23.9. The quantitative estimate of drug-likeness (QED) is 0.161. The molecule has 0 radical (unpaired) electrons. The monoisotopic (exact) mass is 453 g/mol. The van der Waals surface area contributed by atoms with E-state index in [4.69, 9.17) is 25.3 Å². The van der Waals surface area contributed by atoms with Crippen molar-refractivity contribution in [3.05, 3.63) is 23.3 Å². The molecule has 1 atom stereocenters. The molecule has 178 valence electrons. The number of hydrogen-bond donors (Lipinski definition) is 6. The molecule has 11 nitrogen and oxygen atoms in total. The Bertz CT molecular complexity index is 799. The fourth-order valence-electron chi connectivity index (χ4n) is 3.47. The summed E-state index contributed by atoms with van der Waals surface area (Å²) in [5, 5.41) is 40.6. The number of amides is 1. The Balaban J connectivity index is 1.91. The molecule has 7 N–H and O–H groups in total.